The average Bonchev–Trinajstić information content (AvgIpc) is 2.66. The molecule has 4 rings (SSSR count). The topological polar surface area (TPSA) is 77.1 Å². The van der Waals surface area contributed by atoms with Gasteiger partial charge in [0.15, 0.2) is 0 Å². The van der Waals surface area contributed by atoms with Crippen LogP contribution in [0.15, 0.2) is 47.4 Å². The Morgan fingerprint density at radius 1 is 1.14 bits per heavy atom. The van der Waals surface area contributed by atoms with Gasteiger partial charge in [0.2, 0.25) is 5.91 Å². The van der Waals surface area contributed by atoms with Crippen molar-refractivity contribution in [1.82, 2.24) is 4.57 Å². The molecule has 2 fully saturated rings. The molecule has 1 amide bonds. The van der Waals surface area contributed by atoms with E-state index in [-0.39, 0.29) is 35.8 Å². The summed E-state index contributed by atoms with van der Waals surface area (Å²) in [6.45, 7) is 2.53. The summed E-state index contributed by atoms with van der Waals surface area (Å²) in [6, 6.07) is 11.9. The molecule has 156 valence electrons. The second-order valence-electron chi connectivity index (χ2n) is 8.53. The number of halogens is 1. The van der Waals surface area contributed by atoms with Crippen molar-refractivity contribution in [2.75, 3.05) is 5.32 Å². The minimum absolute atomic E-state index is 0. The minimum atomic E-state index is -0.163. The summed E-state index contributed by atoms with van der Waals surface area (Å²) in [7, 11) is 0. The van der Waals surface area contributed by atoms with Crippen LogP contribution in [-0.4, -0.2) is 16.5 Å². The lowest BCUT2D eigenvalue weighted by molar-refractivity contribution is -0.122. The van der Waals surface area contributed by atoms with Crippen LogP contribution in [0.3, 0.4) is 0 Å². The van der Waals surface area contributed by atoms with E-state index >= 15 is 0 Å². The Morgan fingerprint density at radius 2 is 1.79 bits per heavy atom. The zero-order chi connectivity index (χ0) is 19.7. The standard InChI is InChI=1S/C23H29N3O2.ClH/c1-15-7-9-16(10-8-15)14-26-11-3-6-20(23(26)28)25-22(27)19-12-17-4-2-5-18(13-19)21(17)24;/h3,6-11,17-19,21H,2,4-5,12-14,24H2,1H3,(H,25,27);1H. The molecular weight excluding hydrogens is 386 g/mol. The number of nitrogens with one attached hydrogen (secondary N) is 1. The number of pyridine rings is 1. The van der Waals surface area contributed by atoms with Crippen LogP contribution in [0.5, 0.6) is 0 Å². The van der Waals surface area contributed by atoms with Gasteiger partial charge in [0.25, 0.3) is 5.56 Å². The SMILES string of the molecule is Cc1ccc(Cn2cccc(NC(=O)C3CC4CCCC(C3)C4N)c2=O)cc1.Cl. The van der Waals surface area contributed by atoms with E-state index < -0.39 is 0 Å². The lowest BCUT2D eigenvalue weighted by atomic mass is 9.65. The van der Waals surface area contributed by atoms with E-state index in [0.29, 0.717) is 24.1 Å². The first kappa shape index (κ1) is 21.6. The third-order valence-electron chi connectivity index (χ3n) is 6.54. The molecule has 1 heterocycles. The van der Waals surface area contributed by atoms with Gasteiger partial charge in [-0.1, -0.05) is 36.2 Å². The van der Waals surface area contributed by atoms with Crippen molar-refractivity contribution in [2.45, 2.75) is 51.6 Å². The molecule has 1 aromatic carbocycles. The molecule has 1 aromatic heterocycles. The van der Waals surface area contributed by atoms with Crippen molar-refractivity contribution in [3.05, 3.63) is 64.1 Å². The fourth-order valence-corrected chi connectivity index (χ4v) is 4.88. The summed E-state index contributed by atoms with van der Waals surface area (Å²) in [6.07, 6.45) is 6.91. The molecule has 2 saturated carbocycles. The number of nitrogens with two attached hydrogens (primary N) is 1. The Kier molecular flexibility index (Phi) is 6.81. The molecule has 0 spiro atoms. The number of carbonyl (C=O) groups is 1. The number of amides is 1. The normalized spacial score (nSPS) is 25.7. The number of hydrogen-bond acceptors (Lipinski definition) is 3. The maximum Gasteiger partial charge on any atom is 0.274 e. The molecule has 5 nitrogen and oxygen atoms in total. The van der Waals surface area contributed by atoms with Gasteiger partial charge in [-0.2, -0.15) is 0 Å². The summed E-state index contributed by atoms with van der Waals surface area (Å²) in [5.41, 5.74) is 8.79. The van der Waals surface area contributed by atoms with Crippen LogP contribution in [0, 0.1) is 24.7 Å². The largest absolute Gasteiger partial charge is 0.327 e. The van der Waals surface area contributed by atoms with E-state index in [1.54, 1.807) is 16.8 Å². The quantitative estimate of drug-likeness (QED) is 0.798. The number of rotatable bonds is 4. The highest BCUT2D eigenvalue weighted by molar-refractivity contribution is 5.92. The predicted molar refractivity (Wildman–Crippen MR) is 118 cm³/mol. The molecule has 3 N–H and O–H groups in total. The van der Waals surface area contributed by atoms with Crippen LogP contribution in [-0.2, 0) is 11.3 Å². The Labute approximate surface area is 178 Å². The van der Waals surface area contributed by atoms with Crippen LogP contribution in [0.4, 0.5) is 5.69 Å². The number of hydrogen-bond donors (Lipinski definition) is 2. The highest BCUT2D eigenvalue weighted by Crippen LogP contribution is 2.42. The zero-order valence-electron chi connectivity index (χ0n) is 16.8. The third kappa shape index (κ3) is 4.73. The number of benzene rings is 1. The van der Waals surface area contributed by atoms with Crippen molar-refractivity contribution >= 4 is 24.0 Å². The first-order chi connectivity index (χ1) is 13.5. The Bertz CT molecular complexity index is 895. The number of aromatic nitrogens is 1. The van der Waals surface area contributed by atoms with Crippen LogP contribution >= 0.6 is 12.4 Å². The molecule has 2 aliphatic rings. The molecule has 2 aromatic rings. The highest BCUT2D eigenvalue weighted by Gasteiger charge is 2.40. The van der Waals surface area contributed by atoms with Crippen molar-refractivity contribution in [3.8, 4) is 0 Å². The van der Waals surface area contributed by atoms with Crippen molar-refractivity contribution < 1.29 is 4.79 Å². The van der Waals surface area contributed by atoms with Gasteiger partial charge in [0, 0.05) is 18.2 Å². The number of fused-ring (bicyclic) bond motifs is 2. The molecule has 2 aliphatic carbocycles. The fraction of sp³-hybridized carbons (Fsp3) is 0.478. The number of anilines is 1. The summed E-state index contributed by atoms with van der Waals surface area (Å²) in [5.74, 6) is 0.809. The fourth-order valence-electron chi connectivity index (χ4n) is 4.88. The van der Waals surface area contributed by atoms with Crippen LogP contribution < -0.4 is 16.6 Å². The van der Waals surface area contributed by atoms with E-state index in [2.05, 4.69) is 5.32 Å². The molecule has 2 bridgehead atoms. The Balaban J connectivity index is 0.00000240. The molecule has 6 heteroatoms. The smallest absolute Gasteiger partial charge is 0.274 e. The molecule has 0 saturated heterocycles. The van der Waals surface area contributed by atoms with E-state index in [9.17, 15) is 9.59 Å². The molecule has 2 atom stereocenters. The number of nitrogens with zero attached hydrogens (tertiary/aromatic N) is 1. The number of carbonyl (C=O) groups excluding carboxylic acids is 1. The second-order valence-corrected chi connectivity index (χ2v) is 8.53. The van der Waals surface area contributed by atoms with Gasteiger partial charge in [-0.15, -0.1) is 12.4 Å². The molecule has 0 radical (unpaired) electrons. The summed E-state index contributed by atoms with van der Waals surface area (Å²) >= 11 is 0. The highest BCUT2D eigenvalue weighted by atomic mass is 35.5. The first-order valence-electron chi connectivity index (χ1n) is 10.3. The summed E-state index contributed by atoms with van der Waals surface area (Å²) in [5, 5.41) is 2.91. The van der Waals surface area contributed by atoms with Gasteiger partial charge >= 0.3 is 0 Å². The minimum Gasteiger partial charge on any atom is -0.327 e. The number of aryl methyl sites for hydroxylation is 1. The molecule has 29 heavy (non-hydrogen) atoms. The zero-order valence-corrected chi connectivity index (χ0v) is 17.7. The van der Waals surface area contributed by atoms with Gasteiger partial charge in [0.1, 0.15) is 5.69 Å². The summed E-state index contributed by atoms with van der Waals surface area (Å²) in [4.78, 5) is 25.7. The monoisotopic (exact) mass is 415 g/mol. The van der Waals surface area contributed by atoms with E-state index in [1.807, 2.05) is 37.3 Å². The van der Waals surface area contributed by atoms with E-state index in [4.69, 9.17) is 5.73 Å². The van der Waals surface area contributed by atoms with Gasteiger partial charge in [-0.25, -0.2) is 0 Å². The van der Waals surface area contributed by atoms with Gasteiger partial charge in [0.05, 0.1) is 6.54 Å². The molecular formula is C23H30ClN3O2. The predicted octanol–water partition coefficient (Wildman–Crippen LogP) is 3.72. The van der Waals surface area contributed by atoms with Gasteiger partial charge < -0.3 is 15.6 Å². The Morgan fingerprint density at radius 3 is 2.45 bits per heavy atom. The van der Waals surface area contributed by atoms with Crippen LogP contribution in [0.2, 0.25) is 0 Å². The van der Waals surface area contributed by atoms with Crippen molar-refractivity contribution in [1.29, 1.82) is 0 Å². The van der Waals surface area contributed by atoms with Crippen LogP contribution in [0.25, 0.3) is 0 Å². The molecule has 0 aliphatic heterocycles. The lowest BCUT2D eigenvalue weighted by Crippen LogP contribution is -2.48. The maximum absolute atomic E-state index is 12.9. The van der Waals surface area contributed by atoms with Crippen molar-refractivity contribution in [3.63, 3.8) is 0 Å². The third-order valence-corrected chi connectivity index (χ3v) is 6.54. The average molecular weight is 416 g/mol. The molecule has 2 unspecified atom stereocenters. The van der Waals surface area contributed by atoms with E-state index in [1.165, 1.54) is 12.0 Å². The van der Waals surface area contributed by atoms with Crippen LogP contribution in [0.1, 0.15) is 43.2 Å². The Hall–Kier alpha value is -2.11. The second kappa shape index (κ2) is 9.14. The van der Waals surface area contributed by atoms with Gasteiger partial charge in [-0.3, -0.25) is 9.59 Å². The maximum atomic E-state index is 12.9. The van der Waals surface area contributed by atoms with Crippen molar-refractivity contribution in [2.24, 2.45) is 23.5 Å². The van der Waals surface area contributed by atoms with E-state index in [0.717, 1.165) is 31.2 Å². The van der Waals surface area contributed by atoms with Gasteiger partial charge in [-0.05, 0) is 62.1 Å². The first-order valence-corrected chi connectivity index (χ1v) is 10.3. The summed E-state index contributed by atoms with van der Waals surface area (Å²) < 4.78 is 1.64. The lowest BCUT2D eigenvalue weighted by Gasteiger charge is -2.43.